The number of hydrogen-bond acceptors (Lipinski definition) is 6. The van der Waals surface area contributed by atoms with Gasteiger partial charge in [0.15, 0.2) is 5.82 Å². The van der Waals surface area contributed by atoms with Crippen molar-refractivity contribution in [2.24, 2.45) is 0 Å². The summed E-state index contributed by atoms with van der Waals surface area (Å²) in [4.78, 5) is 0. The topological polar surface area (TPSA) is 80.1 Å². The predicted molar refractivity (Wildman–Crippen MR) is 96.7 cm³/mol. The maximum absolute atomic E-state index is 9.37. The third-order valence-electron chi connectivity index (χ3n) is 3.70. The van der Waals surface area contributed by atoms with E-state index in [1.54, 1.807) is 0 Å². The number of nitrogens with one attached hydrogen (secondary N) is 1. The van der Waals surface area contributed by atoms with Gasteiger partial charge in [-0.15, -0.1) is 5.10 Å². The lowest BCUT2D eigenvalue weighted by molar-refractivity contribution is 0.0143. The van der Waals surface area contributed by atoms with Gasteiger partial charge in [-0.25, -0.2) is 0 Å². The normalized spacial score (nSPS) is 10.7. The molecule has 0 spiro atoms. The van der Waals surface area contributed by atoms with E-state index in [2.05, 4.69) is 21.6 Å². The van der Waals surface area contributed by atoms with E-state index in [1.807, 2.05) is 52.0 Å². The molecule has 132 valence electrons. The van der Waals surface area contributed by atoms with E-state index in [0.717, 1.165) is 22.5 Å². The van der Waals surface area contributed by atoms with E-state index in [4.69, 9.17) is 9.47 Å². The minimum absolute atomic E-state index is 0.213. The van der Waals surface area contributed by atoms with Crippen molar-refractivity contribution in [1.82, 2.24) is 10.2 Å². The maximum atomic E-state index is 9.37. The lowest BCUT2D eigenvalue weighted by Gasteiger charge is -2.11. The van der Waals surface area contributed by atoms with E-state index in [0.29, 0.717) is 31.2 Å². The van der Waals surface area contributed by atoms with Crippen LogP contribution in [0.15, 0.2) is 24.3 Å². The highest BCUT2D eigenvalue weighted by Gasteiger charge is 2.11. The molecular formula is C19H24N4O2. The molecular weight excluding hydrogens is 316 g/mol. The van der Waals surface area contributed by atoms with Crippen LogP contribution in [-0.2, 0) is 16.1 Å². The van der Waals surface area contributed by atoms with Gasteiger partial charge in [0.2, 0.25) is 0 Å². The smallest absolute Gasteiger partial charge is 0.171 e. The molecule has 0 atom stereocenters. The summed E-state index contributed by atoms with van der Waals surface area (Å²) >= 11 is 0. The molecule has 0 saturated heterocycles. The number of hydrogen-bond donors (Lipinski definition) is 1. The van der Waals surface area contributed by atoms with Gasteiger partial charge in [0, 0.05) is 5.69 Å². The van der Waals surface area contributed by atoms with Crippen LogP contribution in [0.2, 0.25) is 0 Å². The predicted octanol–water partition coefficient (Wildman–Crippen LogP) is 3.65. The average Bonchev–Trinajstić information content (AvgIpc) is 2.58. The zero-order chi connectivity index (χ0) is 18.2. The molecule has 0 unspecified atom stereocenters. The second-order valence-electron chi connectivity index (χ2n) is 6.04. The fraction of sp³-hybridized carbons (Fsp3) is 0.421. The lowest BCUT2D eigenvalue weighted by atomic mass is 10.1. The van der Waals surface area contributed by atoms with Gasteiger partial charge in [-0.3, -0.25) is 0 Å². The number of anilines is 2. The molecule has 0 amide bonds. The molecule has 0 radical (unpaired) electrons. The Kier molecular flexibility index (Phi) is 6.87. The van der Waals surface area contributed by atoms with Crippen LogP contribution in [-0.4, -0.2) is 29.5 Å². The molecule has 0 saturated carbocycles. The molecule has 1 aromatic heterocycles. The Morgan fingerprint density at radius 2 is 2.00 bits per heavy atom. The van der Waals surface area contributed by atoms with E-state index in [1.165, 1.54) is 0 Å². The Morgan fingerprint density at radius 3 is 2.72 bits per heavy atom. The summed E-state index contributed by atoms with van der Waals surface area (Å²) in [6, 6.07) is 10.0. The number of benzene rings is 1. The second kappa shape index (κ2) is 9.11. The highest BCUT2D eigenvalue weighted by molar-refractivity contribution is 5.64. The first-order valence-electron chi connectivity index (χ1n) is 8.30. The van der Waals surface area contributed by atoms with Crippen molar-refractivity contribution < 1.29 is 9.47 Å². The Bertz CT molecular complexity index is 754. The van der Waals surface area contributed by atoms with Crippen molar-refractivity contribution in [3.05, 3.63) is 46.6 Å². The van der Waals surface area contributed by atoms with Crippen LogP contribution in [0.4, 0.5) is 11.5 Å². The standard InChI is InChI=1S/C19H24N4O2/c1-13(2)25-9-8-24-12-16-6-5-7-17(10-16)21-19-18(11-20)14(3)15(4)22-23-19/h5-7,10,13H,8-9,12H2,1-4H3,(H,21,23). The van der Waals surface area contributed by atoms with Crippen molar-refractivity contribution in [3.63, 3.8) is 0 Å². The Labute approximate surface area is 148 Å². The molecule has 2 rings (SSSR count). The average molecular weight is 340 g/mol. The number of ether oxygens (including phenoxy) is 2. The molecule has 25 heavy (non-hydrogen) atoms. The maximum Gasteiger partial charge on any atom is 0.171 e. The highest BCUT2D eigenvalue weighted by Crippen LogP contribution is 2.22. The van der Waals surface area contributed by atoms with Gasteiger partial charge >= 0.3 is 0 Å². The molecule has 1 heterocycles. The van der Waals surface area contributed by atoms with Crippen molar-refractivity contribution in [2.75, 3.05) is 18.5 Å². The van der Waals surface area contributed by atoms with E-state index in [9.17, 15) is 5.26 Å². The summed E-state index contributed by atoms with van der Waals surface area (Å²) in [5.41, 5.74) is 3.98. The molecule has 6 nitrogen and oxygen atoms in total. The van der Waals surface area contributed by atoms with E-state index >= 15 is 0 Å². The Hall–Kier alpha value is -2.49. The molecule has 0 fully saturated rings. The fourth-order valence-corrected chi connectivity index (χ4v) is 2.24. The Balaban J connectivity index is 2.00. The monoisotopic (exact) mass is 340 g/mol. The highest BCUT2D eigenvalue weighted by atomic mass is 16.5. The minimum Gasteiger partial charge on any atom is -0.376 e. The number of rotatable bonds is 8. The first kappa shape index (κ1) is 18.8. The van der Waals surface area contributed by atoms with Gasteiger partial charge in [0.05, 0.1) is 31.6 Å². The van der Waals surface area contributed by atoms with Crippen molar-refractivity contribution in [2.45, 2.75) is 40.4 Å². The first-order chi connectivity index (χ1) is 12.0. The quantitative estimate of drug-likeness (QED) is 0.739. The van der Waals surface area contributed by atoms with E-state index in [-0.39, 0.29) is 6.10 Å². The zero-order valence-corrected chi connectivity index (χ0v) is 15.2. The molecule has 2 aromatic rings. The first-order valence-corrected chi connectivity index (χ1v) is 8.30. The third-order valence-corrected chi connectivity index (χ3v) is 3.70. The van der Waals surface area contributed by atoms with Crippen molar-refractivity contribution >= 4 is 11.5 Å². The van der Waals surface area contributed by atoms with Crippen LogP contribution in [0.1, 0.15) is 36.2 Å². The molecule has 1 aromatic carbocycles. The summed E-state index contributed by atoms with van der Waals surface area (Å²) in [7, 11) is 0. The van der Waals surface area contributed by atoms with Crippen LogP contribution in [0.5, 0.6) is 0 Å². The van der Waals surface area contributed by atoms with Crippen LogP contribution < -0.4 is 5.32 Å². The molecule has 1 N–H and O–H groups in total. The van der Waals surface area contributed by atoms with Crippen LogP contribution in [0, 0.1) is 25.2 Å². The molecule has 0 aliphatic rings. The molecule has 0 aliphatic heterocycles. The van der Waals surface area contributed by atoms with Gasteiger partial charge in [-0.05, 0) is 51.0 Å². The number of aromatic nitrogens is 2. The fourth-order valence-electron chi connectivity index (χ4n) is 2.24. The van der Waals surface area contributed by atoms with Gasteiger partial charge in [-0.2, -0.15) is 10.4 Å². The molecule has 0 aliphatic carbocycles. The van der Waals surface area contributed by atoms with Gasteiger partial charge in [-0.1, -0.05) is 12.1 Å². The SMILES string of the molecule is Cc1nnc(Nc2cccc(COCCOC(C)C)c2)c(C#N)c1C. The summed E-state index contributed by atoms with van der Waals surface area (Å²) in [5, 5.41) is 20.7. The van der Waals surface area contributed by atoms with Crippen LogP contribution >= 0.6 is 0 Å². The minimum atomic E-state index is 0.213. The van der Waals surface area contributed by atoms with Gasteiger partial charge in [0.25, 0.3) is 0 Å². The third kappa shape index (κ3) is 5.52. The summed E-state index contributed by atoms with van der Waals surface area (Å²) < 4.78 is 11.1. The van der Waals surface area contributed by atoms with Crippen LogP contribution in [0.25, 0.3) is 0 Å². The number of nitrogens with zero attached hydrogens (tertiary/aromatic N) is 3. The Morgan fingerprint density at radius 1 is 1.20 bits per heavy atom. The summed E-state index contributed by atoms with van der Waals surface area (Å²) in [6.45, 7) is 9.35. The largest absolute Gasteiger partial charge is 0.376 e. The summed E-state index contributed by atoms with van der Waals surface area (Å²) in [5.74, 6) is 0.467. The van der Waals surface area contributed by atoms with Crippen molar-refractivity contribution in [3.8, 4) is 6.07 Å². The number of aryl methyl sites for hydroxylation is 1. The lowest BCUT2D eigenvalue weighted by Crippen LogP contribution is -2.09. The van der Waals surface area contributed by atoms with Crippen molar-refractivity contribution in [1.29, 1.82) is 5.26 Å². The second-order valence-corrected chi connectivity index (χ2v) is 6.04. The van der Waals surface area contributed by atoms with Gasteiger partial charge in [0.1, 0.15) is 11.6 Å². The summed E-state index contributed by atoms with van der Waals surface area (Å²) in [6.07, 6.45) is 0.213. The zero-order valence-electron chi connectivity index (χ0n) is 15.2. The number of nitriles is 1. The van der Waals surface area contributed by atoms with Gasteiger partial charge < -0.3 is 14.8 Å². The van der Waals surface area contributed by atoms with Crippen LogP contribution in [0.3, 0.4) is 0 Å². The molecule has 0 bridgehead atoms. The van der Waals surface area contributed by atoms with E-state index < -0.39 is 0 Å². The molecule has 6 heteroatoms.